The van der Waals surface area contributed by atoms with Gasteiger partial charge in [0, 0.05) is 28.2 Å². The van der Waals surface area contributed by atoms with Crippen molar-refractivity contribution >= 4 is 29.4 Å². The van der Waals surface area contributed by atoms with E-state index in [-0.39, 0.29) is 17.5 Å². The zero-order valence-electron chi connectivity index (χ0n) is 15.9. The number of hydrogen-bond donors (Lipinski definition) is 0. The van der Waals surface area contributed by atoms with Crippen LogP contribution in [-0.2, 0) is 9.30 Å². The fraction of sp³-hybridized carbons (Fsp3) is 0.250. The van der Waals surface area contributed by atoms with Crippen LogP contribution in [0.3, 0.4) is 0 Å². The Balaban J connectivity index is 1.90. The molecule has 28 heavy (non-hydrogen) atoms. The standard InChI is InChI=1S/C24H24ClO2P/c1-18-16-27-17-23(24(18)19-9-8-10-20(25)15-19)28(26,21-11-4-2-5-12-21)22-13-6-3-7-14-22/h2-15,18,23-24H,16-17H2,1H3. The van der Waals surface area contributed by atoms with E-state index >= 15 is 0 Å². The highest BCUT2D eigenvalue weighted by atomic mass is 35.5. The van der Waals surface area contributed by atoms with E-state index in [0.29, 0.717) is 18.2 Å². The molecule has 3 unspecified atom stereocenters. The first kappa shape index (κ1) is 19.5. The van der Waals surface area contributed by atoms with Gasteiger partial charge in [-0.25, -0.2) is 0 Å². The minimum Gasteiger partial charge on any atom is -0.380 e. The molecule has 0 amide bonds. The Hall–Kier alpha value is -1.86. The summed E-state index contributed by atoms with van der Waals surface area (Å²) in [5, 5.41) is 2.48. The van der Waals surface area contributed by atoms with Gasteiger partial charge in [-0.15, -0.1) is 0 Å². The molecule has 0 saturated carbocycles. The SMILES string of the molecule is CC1COCC(P(=O)(c2ccccc2)c2ccccc2)C1c1cccc(Cl)c1. The topological polar surface area (TPSA) is 26.3 Å². The van der Waals surface area contributed by atoms with Crippen LogP contribution in [0.5, 0.6) is 0 Å². The number of benzene rings is 3. The van der Waals surface area contributed by atoms with Gasteiger partial charge in [0.2, 0.25) is 0 Å². The molecule has 1 heterocycles. The van der Waals surface area contributed by atoms with E-state index in [1.165, 1.54) is 0 Å². The van der Waals surface area contributed by atoms with Crippen LogP contribution in [0.15, 0.2) is 84.9 Å². The maximum Gasteiger partial charge on any atom is 0.149 e. The molecule has 1 fully saturated rings. The van der Waals surface area contributed by atoms with Crippen molar-refractivity contribution in [3.05, 3.63) is 95.5 Å². The predicted octanol–water partition coefficient (Wildman–Crippen LogP) is 5.47. The van der Waals surface area contributed by atoms with Crippen LogP contribution >= 0.6 is 18.7 Å². The Labute approximate surface area is 171 Å². The summed E-state index contributed by atoms with van der Waals surface area (Å²) in [7, 11) is -2.94. The molecule has 0 bridgehead atoms. The average molecular weight is 411 g/mol. The Kier molecular flexibility index (Phi) is 5.73. The summed E-state index contributed by atoms with van der Waals surface area (Å²) in [6.45, 7) is 3.32. The molecular formula is C24H24ClO2P. The molecule has 0 radical (unpaired) electrons. The minimum absolute atomic E-state index is 0.110. The highest BCUT2D eigenvalue weighted by molar-refractivity contribution is 7.79. The van der Waals surface area contributed by atoms with Crippen molar-refractivity contribution in [2.45, 2.75) is 18.5 Å². The van der Waals surface area contributed by atoms with Gasteiger partial charge in [0.05, 0.1) is 12.3 Å². The lowest BCUT2D eigenvalue weighted by molar-refractivity contribution is 0.0501. The molecule has 0 aromatic heterocycles. The number of rotatable bonds is 4. The summed E-state index contributed by atoms with van der Waals surface area (Å²) >= 11 is 6.31. The second-order valence-electron chi connectivity index (χ2n) is 7.49. The average Bonchev–Trinajstić information content (AvgIpc) is 2.74. The number of halogens is 1. The molecule has 0 aliphatic carbocycles. The van der Waals surface area contributed by atoms with E-state index in [1.807, 2.05) is 78.9 Å². The van der Waals surface area contributed by atoms with E-state index in [2.05, 4.69) is 13.0 Å². The predicted molar refractivity (Wildman–Crippen MR) is 118 cm³/mol. The van der Waals surface area contributed by atoms with Crippen molar-refractivity contribution in [3.63, 3.8) is 0 Å². The van der Waals surface area contributed by atoms with E-state index in [4.69, 9.17) is 16.3 Å². The van der Waals surface area contributed by atoms with Gasteiger partial charge < -0.3 is 9.30 Å². The van der Waals surface area contributed by atoms with Crippen LogP contribution in [0.4, 0.5) is 0 Å². The van der Waals surface area contributed by atoms with E-state index in [9.17, 15) is 4.57 Å². The lowest BCUT2D eigenvalue weighted by atomic mass is 9.83. The van der Waals surface area contributed by atoms with E-state index < -0.39 is 7.14 Å². The van der Waals surface area contributed by atoms with Gasteiger partial charge in [-0.2, -0.15) is 0 Å². The smallest absolute Gasteiger partial charge is 0.149 e. The van der Waals surface area contributed by atoms with Gasteiger partial charge in [-0.1, -0.05) is 91.3 Å². The Bertz CT molecular complexity index is 931. The van der Waals surface area contributed by atoms with Crippen molar-refractivity contribution in [2.75, 3.05) is 13.2 Å². The third-order valence-corrected chi connectivity index (χ3v) is 9.45. The highest BCUT2D eigenvalue weighted by Crippen LogP contribution is 2.56. The first-order valence-corrected chi connectivity index (χ1v) is 11.8. The fourth-order valence-electron chi connectivity index (χ4n) is 4.39. The third-order valence-electron chi connectivity index (χ3n) is 5.68. The Morgan fingerprint density at radius 1 is 0.857 bits per heavy atom. The van der Waals surface area contributed by atoms with Gasteiger partial charge in [0.15, 0.2) is 0 Å². The Morgan fingerprint density at radius 2 is 1.46 bits per heavy atom. The summed E-state index contributed by atoms with van der Waals surface area (Å²) in [5.74, 6) is 0.358. The summed E-state index contributed by atoms with van der Waals surface area (Å²) < 4.78 is 20.8. The van der Waals surface area contributed by atoms with Crippen LogP contribution in [0, 0.1) is 5.92 Å². The molecule has 3 aromatic rings. The zero-order chi connectivity index (χ0) is 19.6. The van der Waals surface area contributed by atoms with Crippen LogP contribution in [-0.4, -0.2) is 18.9 Å². The normalized spacial score (nSPS) is 22.7. The van der Waals surface area contributed by atoms with Gasteiger partial charge in [0.1, 0.15) is 7.14 Å². The third kappa shape index (κ3) is 3.57. The van der Waals surface area contributed by atoms with E-state index in [1.54, 1.807) is 0 Å². The zero-order valence-corrected chi connectivity index (χ0v) is 17.5. The van der Waals surface area contributed by atoms with Gasteiger partial charge in [-0.05, 0) is 23.6 Å². The quantitative estimate of drug-likeness (QED) is 0.533. The van der Waals surface area contributed by atoms with Crippen LogP contribution in [0.25, 0.3) is 0 Å². The molecule has 0 N–H and O–H groups in total. The first-order chi connectivity index (χ1) is 13.6. The van der Waals surface area contributed by atoms with Crippen LogP contribution in [0.1, 0.15) is 18.4 Å². The molecule has 144 valence electrons. The van der Waals surface area contributed by atoms with Crippen molar-refractivity contribution in [3.8, 4) is 0 Å². The molecule has 2 nitrogen and oxygen atoms in total. The lowest BCUT2D eigenvalue weighted by Crippen LogP contribution is -2.41. The molecule has 4 rings (SSSR count). The Morgan fingerprint density at radius 3 is 2.04 bits per heavy atom. The van der Waals surface area contributed by atoms with Gasteiger partial charge in [0.25, 0.3) is 0 Å². The van der Waals surface area contributed by atoms with Crippen molar-refractivity contribution in [1.82, 2.24) is 0 Å². The van der Waals surface area contributed by atoms with Crippen LogP contribution < -0.4 is 10.6 Å². The van der Waals surface area contributed by atoms with Crippen molar-refractivity contribution < 1.29 is 9.30 Å². The lowest BCUT2D eigenvalue weighted by Gasteiger charge is -2.41. The minimum atomic E-state index is -2.94. The maximum atomic E-state index is 14.9. The molecule has 0 spiro atoms. The molecule has 1 saturated heterocycles. The van der Waals surface area contributed by atoms with Crippen molar-refractivity contribution in [2.24, 2.45) is 5.92 Å². The van der Waals surface area contributed by atoms with Gasteiger partial charge >= 0.3 is 0 Å². The monoisotopic (exact) mass is 410 g/mol. The second kappa shape index (κ2) is 8.25. The maximum absolute atomic E-state index is 14.9. The molecule has 4 heteroatoms. The molecule has 1 aliphatic rings. The molecule has 3 atom stereocenters. The largest absolute Gasteiger partial charge is 0.380 e. The second-order valence-corrected chi connectivity index (χ2v) is 10.9. The van der Waals surface area contributed by atoms with E-state index in [0.717, 1.165) is 16.2 Å². The summed E-state index contributed by atoms with van der Waals surface area (Å²) in [6.07, 6.45) is 0. The number of hydrogen-bond acceptors (Lipinski definition) is 2. The van der Waals surface area contributed by atoms with Crippen LogP contribution in [0.2, 0.25) is 5.02 Å². The first-order valence-electron chi connectivity index (χ1n) is 9.65. The number of ether oxygens (including phenoxy) is 1. The highest BCUT2D eigenvalue weighted by Gasteiger charge is 2.46. The molecular weight excluding hydrogens is 387 g/mol. The van der Waals surface area contributed by atoms with Crippen molar-refractivity contribution in [1.29, 1.82) is 0 Å². The van der Waals surface area contributed by atoms with Gasteiger partial charge in [-0.3, -0.25) is 0 Å². The fourth-order valence-corrected chi connectivity index (χ4v) is 8.11. The molecule has 1 aliphatic heterocycles. The summed E-state index contributed by atoms with van der Waals surface area (Å²) in [4.78, 5) is 0. The summed E-state index contributed by atoms with van der Waals surface area (Å²) in [5.41, 5.74) is 1.000. The molecule has 3 aromatic carbocycles. The summed E-state index contributed by atoms with van der Waals surface area (Å²) in [6, 6.07) is 27.7.